The molecule has 0 radical (unpaired) electrons. The Morgan fingerprint density at radius 3 is 3.00 bits per heavy atom. The molecule has 0 saturated heterocycles. The highest BCUT2D eigenvalue weighted by atomic mass is 16.5. The normalized spacial score (nSPS) is 16.3. The Hall–Kier alpha value is -1.53. The number of aliphatic hydroxyl groups excluding tert-OH is 1. The number of anilines is 1. The van der Waals surface area contributed by atoms with Crippen LogP contribution >= 0.6 is 0 Å². The lowest BCUT2D eigenvalue weighted by Crippen LogP contribution is -2.39. The first-order chi connectivity index (χ1) is 9.15. The summed E-state index contributed by atoms with van der Waals surface area (Å²) in [5, 5.41) is 11.8. The van der Waals surface area contributed by atoms with E-state index in [1.807, 2.05) is 10.8 Å². The van der Waals surface area contributed by atoms with Crippen molar-refractivity contribution < 1.29 is 14.6 Å². The molecular weight excluding hydrogens is 246 g/mol. The highest BCUT2D eigenvalue weighted by molar-refractivity contribution is 5.94. The summed E-state index contributed by atoms with van der Waals surface area (Å²) in [5.74, 6) is -0.167. The van der Waals surface area contributed by atoms with E-state index in [-0.39, 0.29) is 18.6 Å². The Balaban J connectivity index is 2.05. The number of rotatable bonds is 7. The second kappa shape index (κ2) is 6.08. The third-order valence-electron chi connectivity index (χ3n) is 3.22. The molecule has 19 heavy (non-hydrogen) atoms. The van der Waals surface area contributed by atoms with Crippen LogP contribution in [0, 0.1) is 0 Å². The summed E-state index contributed by atoms with van der Waals surface area (Å²) in [6.45, 7) is 0.395. The van der Waals surface area contributed by atoms with Crippen LogP contribution in [0.15, 0.2) is 12.3 Å². The minimum Gasteiger partial charge on any atom is -0.397 e. The van der Waals surface area contributed by atoms with Crippen molar-refractivity contribution in [3.05, 3.63) is 18.0 Å². The quantitative estimate of drug-likeness (QED) is 0.672. The second-order valence-corrected chi connectivity index (χ2v) is 4.94. The number of nitrogens with one attached hydrogen (secondary N) is 1. The molecule has 1 heterocycles. The van der Waals surface area contributed by atoms with E-state index in [9.17, 15) is 4.79 Å². The molecule has 1 aromatic heterocycles. The molecule has 4 N–H and O–H groups in total. The zero-order chi connectivity index (χ0) is 13.8. The third-order valence-corrected chi connectivity index (χ3v) is 3.22. The van der Waals surface area contributed by atoms with Crippen LogP contribution < -0.4 is 11.1 Å². The molecule has 0 spiro atoms. The van der Waals surface area contributed by atoms with E-state index >= 15 is 0 Å². The number of amides is 1. The number of ether oxygens (including phenoxy) is 1. The molecule has 1 amide bonds. The Labute approximate surface area is 112 Å². The van der Waals surface area contributed by atoms with Gasteiger partial charge < -0.3 is 25.5 Å². The summed E-state index contributed by atoms with van der Waals surface area (Å²) in [7, 11) is 1.57. The number of hydrogen-bond acceptors (Lipinski definition) is 4. The van der Waals surface area contributed by atoms with Gasteiger partial charge in [-0.2, -0.15) is 0 Å². The first-order valence-corrected chi connectivity index (χ1v) is 6.53. The van der Waals surface area contributed by atoms with Gasteiger partial charge in [0.2, 0.25) is 0 Å². The van der Waals surface area contributed by atoms with E-state index in [0.717, 1.165) is 12.8 Å². The lowest BCUT2D eigenvalue weighted by molar-refractivity contribution is 0.0869. The number of nitrogens with zero attached hydrogens (tertiary/aromatic N) is 1. The number of aromatic nitrogens is 1. The molecule has 1 fully saturated rings. The SMILES string of the molecule is COCC(CCO)NC(=O)c1cc(N)cn1C1CC1. The van der Waals surface area contributed by atoms with Crippen molar-refractivity contribution >= 4 is 11.6 Å². The van der Waals surface area contributed by atoms with Gasteiger partial charge in [0.05, 0.1) is 18.3 Å². The maximum atomic E-state index is 12.2. The van der Waals surface area contributed by atoms with E-state index in [4.69, 9.17) is 15.6 Å². The van der Waals surface area contributed by atoms with E-state index in [1.54, 1.807) is 13.2 Å². The first kappa shape index (κ1) is 13.9. The average Bonchev–Trinajstić information content (AvgIpc) is 3.13. The molecule has 2 rings (SSSR count). The van der Waals surface area contributed by atoms with Gasteiger partial charge in [0.1, 0.15) is 5.69 Å². The fraction of sp³-hybridized carbons (Fsp3) is 0.615. The van der Waals surface area contributed by atoms with Crippen LogP contribution in [0.4, 0.5) is 5.69 Å². The lowest BCUT2D eigenvalue weighted by Gasteiger charge is -2.17. The van der Waals surface area contributed by atoms with Gasteiger partial charge in [-0.15, -0.1) is 0 Å². The zero-order valence-electron chi connectivity index (χ0n) is 11.1. The number of hydrogen-bond donors (Lipinski definition) is 3. The molecule has 1 saturated carbocycles. The topological polar surface area (TPSA) is 89.5 Å². The standard InChI is InChI=1S/C13H21N3O3/c1-19-8-10(4-5-17)15-13(18)12-6-9(14)7-16(12)11-2-3-11/h6-7,10-11,17H,2-5,8,14H2,1H3,(H,15,18). The van der Waals surface area contributed by atoms with Crippen molar-refractivity contribution in [1.29, 1.82) is 0 Å². The largest absolute Gasteiger partial charge is 0.397 e. The van der Waals surface area contributed by atoms with Crippen LogP contribution in [0.25, 0.3) is 0 Å². The monoisotopic (exact) mass is 267 g/mol. The minimum absolute atomic E-state index is 0.0140. The molecule has 1 unspecified atom stereocenters. The first-order valence-electron chi connectivity index (χ1n) is 6.53. The van der Waals surface area contributed by atoms with Crippen molar-refractivity contribution in [1.82, 2.24) is 9.88 Å². The van der Waals surface area contributed by atoms with E-state index in [2.05, 4.69) is 5.32 Å². The summed E-state index contributed by atoms with van der Waals surface area (Å²) in [6.07, 6.45) is 4.46. The van der Waals surface area contributed by atoms with Gasteiger partial charge >= 0.3 is 0 Å². The number of aliphatic hydroxyl groups is 1. The highest BCUT2D eigenvalue weighted by Gasteiger charge is 2.28. The maximum Gasteiger partial charge on any atom is 0.268 e. The fourth-order valence-electron chi connectivity index (χ4n) is 2.15. The number of carbonyl (C=O) groups excluding carboxylic acids is 1. The molecule has 106 valence electrons. The van der Waals surface area contributed by atoms with Crippen LogP contribution in [-0.2, 0) is 4.74 Å². The van der Waals surface area contributed by atoms with Crippen LogP contribution in [0.1, 0.15) is 35.8 Å². The smallest absolute Gasteiger partial charge is 0.268 e. The van der Waals surface area contributed by atoms with Crippen molar-refractivity contribution in [2.75, 3.05) is 26.1 Å². The predicted octanol–water partition coefficient (Wildman–Crippen LogP) is 0.532. The number of nitrogen functional groups attached to an aromatic ring is 1. The van der Waals surface area contributed by atoms with E-state index in [0.29, 0.717) is 30.5 Å². The Morgan fingerprint density at radius 1 is 1.68 bits per heavy atom. The summed E-state index contributed by atoms with van der Waals surface area (Å²) in [5.41, 5.74) is 6.95. The van der Waals surface area contributed by atoms with Crippen molar-refractivity contribution in [3.63, 3.8) is 0 Å². The van der Waals surface area contributed by atoms with E-state index < -0.39 is 0 Å². The summed E-state index contributed by atoms with van der Waals surface area (Å²) < 4.78 is 6.97. The van der Waals surface area contributed by atoms with Gasteiger partial charge in [0.15, 0.2) is 0 Å². The molecular formula is C13H21N3O3. The molecule has 1 aliphatic carbocycles. The highest BCUT2D eigenvalue weighted by Crippen LogP contribution is 2.37. The van der Waals surface area contributed by atoms with Crippen LogP contribution in [0.2, 0.25) is 0 Å². The summed E-state index contributed by atoms with van der Waals surface area (Å²) in [4.78, 5) is 12.2. The number of carbonyl (C=O) groups is 1. The Kier molecular flexibility index (Phi) is 4.44. The van der Waals surface area contributed by atoms with Gasteiger partial charge in [-0.3, -0.25) is 4.79 Å². The van der Waals surface area contributed by atoms with E-state index in [1.165, 1.54) is 0 Å². The molecule has 0 aromatic carbocycles. The average molecular weight is 267 g/mol. The Morgan fingerprint density at radius 2 is 2.42 bits per heavy atom. The molecule has 1 aromatic rings. The fourth-order valence-corrected chi connectivity index (χ4v) is 2.15. The Bertz CT molecular complexity index is 434. The molecule has 0 aliphatic heterocycles. The maximum absolute atomic E-state index is 12.2. The molecule has 6 heteroatoms. The molecule has 0 bridgehead atoms. The van der Waals surface area contributed by atoms with Crippen LogP contribution in [0.5, 0.6) is 0 Å². The van der Waals surface area contributed by atoms with Gasteiger partial charge in [-0.05, 0) is 25.3 Å². The summed E-state index contributed by atoms with van der Waals surface area (Å²) in [6, 6.07) is 1.90. The number of nitrogens with two attached hydrogens (primary N) is 1. The van der Waals surface area contributed by atoms with Crippen molar-refractivity contribution in [2.45, 2.75) is 31.3 Å². The van der Waals surface area contributed by atoms with Crippen LogP contribution in [0.3, 0.4) is 0 Å². The zero-order valence-corrected chi connectivity index (χ0v) is 11.1. The van der Waals surface area contributed by atoms with Crippen molar-refractivity contribution in [2.24, 2.45) is 0 Å². The second-order valence-electron chi connectivity index (χ2n) is 4.94. The molecule has 1 aliphatic rings. The number of methoxy groups -OCH3 is 1. The van der Waals surface area contributed by atoms with Gasteiger partial charge in [0, 0.05) is 26.0 Å². The molecule has 1 atom stereocenters. The predicted molar refractivity (Wildman–Crippen MR) is 71.9 cm³/mol. The summed E-state index contributed by atoms with van der Waals surface area (Å²) >= 11 is 0. The minimum atomic E-state index is -0.189. The third kappa shape index (κ3) is 3.48. The van der Waals surface area contributed by atoms with Crippen LogP contribution in [-0.4, -0.2) is 41.9 Å². The van der Waals surface area contributed by atoms with Gasteiger partial charge in [0.25, 0.3) is 5.91 Å². The molecule has 6 nitrogen and oxygen atoms in total. The lowest BCUT2D eigenvalue weighted by atomic mass is 10.2. The van der Waals surface area contributed by atoms with Crippen molar-refractivity contribution in [3.8, 4) is 0 Å². The van der Waals surface area contributed by atoms with Gasteiger partial charge in [-0.1, -0.05) is 0 Å². The van der Waals surface area contributed by atoms with Gasteiger partial charge in [-0.25, -0.2) is 0 Å².